The van der Waals surface area contributed by atoms with Crippen molar-refractivity contribution in [1.82, 2.24) is 0 Å². The molecule has 0 radical (unpaired) electrons. The van der Waals surface area contributed by atoms with E-state index in [4.69, 9.17) is 5.11 Å². The number of allylic oxidation sites excluding steroid dienone is 3. The molecule has 0 spiro atoms. The molecule has 16 heavy (non-hydrogen) atoms. The van der Waals surface area contributed by atoms with Crippen molar-refractivity contribution >= 4 is 5.97 Å². The Bertz CT molecular complexity index is 219. The fourth-order valence-electron chi connectivity index (χ4n) is 1.89. The van der Waals surface area contributed by atoms with E-state index in [0.717, 1.165) is 38.5 Å². The Morgan fingerprint density at radius 2 is 2.12 bits per heavy atom. The molecule has 0 aliphatic rings. The minimum atomic E-state index is -0.662. The zero-order chi connectivity index (χ0) is 12.2. The fourth-order valence-corrected chi connectivity index (χ4v) is 1.89. The third-order valence-corrected chi connectivity index (χ3v) is 2.67. The van der Waals surface area contributed by atoms with E-state index in [1.807, 2.05) is 6.08 Å². The molecule has 0 aromatic carbocycles. The topological polar surface area (TPSA) is 37.3 Å². The van der Waals surface area contributed by atoms with E-state index in [9.17, 15) is 4.79 Å². The van der Waals surface area contributed by atoms with Crippen LogP contribution in [0.1, 0.15) is 51.9 Å². The van der Waals surface area contributed by atoms with Gasteiger partial charge in [0.15, 0.2) is 0 Å². The van der Waals surface area contributed by atoms with Gasteiger partial charge in [0.1, 0.15) is 0 Å². The van der Waals surface area contributed by atoms with Gasteiger partial charge in [-0.25, -0.2) is 0 Å². The summed E-state index contributed by atoms with van der Waals surface area (Å²) in [7, 11) is 0. The summed E-state index contributed by atoms with van der Waals surface area (Å²) in [6.45, 7) is 5.72. The molecule has 92 valence electrons. The van der Waals surface area contributed by atoms with Gasteiger partial charge in [0.25, 0.3) is 0 Å². The Labute approximate surface area is 99.1 Å². The van der Waals surface area contributed by atoms with Gasteiger partial charge in [-0.2, -0.15) is 0 Å². The molecular formula is C14H24O2. The van der Waals surface area contributed by atoms with Crippen LogP contribution in [0.2, 0.25) is 0 Å². The second-order valence-electron chi connectivity index (χ2n) is 4.20. The molecule has 1 N–H and O–H groups in total. The minimum Gasteiger partial charge on any atom is -0.481 e. The molecule has 0 heterocycles. The molecule has 0 fully saturated rings. The number of carbonyl (C=O) groups is 1. The van der Waals surface area contributed by atoms with Crippen LogP contribution in [0, 0.1) is 5.92 Å². The lowest BCUT2D eigenvalue weighted by Gasteiger charge is -2.12. The lowest BCUT2D eigenvalue weighted by atomic mass is 9.93. The van der Waals surface area contributed by atoms with Crippen LogP contribution < -0.4 is 0 Å². The van der Waals surface area contributed by atoms with Crippen molar-refractivity contribution in [3.8, 4) is 0 Å². The number of hydrogen-bond donors (Lipinski definition) is 1. The van der Waals surface area contributed by atoms with Crippen molar-refractivity contribution in [2.24, 2.45) is 5.92 Å². The van der Waals surface area contributed by atoms with Crippen LogP contribution in [-0.2, 0) is 4.79 Å². The Balaban J connectivity index is 3.62. The third-order valence-electron chi connectivity index (χ3n) is 2.67. The second kappa shape index (κ2) is 10.5. The molecule has 0 aliphatic carbocycles. The molecule has 0 bridgehead atoms. The number of carboxylic acid groups (broad SMARTS) is 1. The van der Waals surface area contributed by atoms with Crippen molar-refractivity contribution < 1.29 is 9.90 Å². The first-order valence-corrected chi connectivity index (χ1v) is 6.20. The van der Waals surface area contributed by atoms with Crippen LogP contribution in [0.5, 0.6) is 0 Å². The Hall–Kier alpha value is -1.05. The summed E-state index contributed by atoms with van der Waals surface area (Å²) in [6, 6.07) is 0. The molecule has 0 aliphatic heterocycles. The lowest BCUT2D eigenvalue weighted by molar-refractivity contribution is -0.138. The molecular weight excluding hydrogens is 200 g/mol. The van der Waals surface area contributed by atoms with E-state index < -0.39 is 5.97 Å². The smallest absolute Gasteiger partial charge is 0.303 e. The van der Waals surface area contributed by atoms with Gasteiger partial charge in [0, 0.05) is 6.42 Å². The maximum Gasteiger partial charge on any atom is 0.303 e. The van der Waals surface area contributed by atoms with Crippen LogP contribution in [0.3, 0.4) is 0 Å². The van der Waals surface area contributed by atoms with E-state index in [1.165, 1.54) is 0 Å². The average molecular weight is 224 g/mol. The normalized spacial score (nSPS) is 12.8. The summed E-state index contributed by atoms with van der Waals surface area (Å²) in [5, 5.41) is 8.76. The van der Waals surface area contributed by atoms with Crippen molar-refractivity contribution in [2.45, 2.75) is 51.9 Å². The molecule has 0 saturated heterocycles. The van der Waals surface area contributed by atoms with Crippen LogP contribution in [0.4, 0.5) is 0 Å². The highest BCUT2D eigenvalue weighted by Crippen LogP contribution is 2.19. The van der Waals surface area contributed by atoms with Crippen LogP contribution in [-0.4, -0.2) is 11.1 Å². The first-order chi connectivity index (χ1) is 7.70. The zero-order valence-corrected chi connectivity index (χ0v) is 10.3. The standard InChI is InChI=1S/C14H24O2/c1-3-5-6-7-8-9-11-13(10-4-2)12-14(15)16/h3,5-6,13H,1,4,7-12H2,2H3,(H,15,16)/b6-5-. The highest BCUT2D eigenvalue weighted by Gasteiger charge is 2.11. The van der Waals surface area contributed by atoms with Gasteiger partial charge in [-0.15, -0.1) is 0 Å². The monoisotopic (exact) mass is 224 g/mol. The fraction of sp³-hybridized carbons (Fsp3) is 0.643. The molecule has 2 nitrogen and oxygen atoms in total. The van der Waals surface area contributed by atoms with Crippen LogP contribution >= 0.6 is 0 Å². The Morgan fingerprint density at radius 3 is 2.69 bits per heavy atom. The highest BCUT2D eigenvalue weighted by atomic mass is 16.4. The molecule has 0 amide bonds. The second-order valence-corrected chi connectivity index (χ2v) is 4.20. The first kappa shape index (κ1) is 14.9. The first-order valence-electron chi connectivity index (χ1n) is 6.20. The molecule has 1 atom stereocenters. The number of hydrogen-bond acceptors (Lipinski definition) is 1. The maximum absolute atomic E-state index is 10.6. The van der Waals surface area contributed by atoms with Gasteiger partial charge in [-0.3, -0.25) is 4.79 Å². The summed E-state index contributed by atoms with van der Waals surface area (Å²) in [5.74, 6) is -0.295. The molecule has 0 aromatic heterocycles. The third kappa shape index (κ3) is 9.50. The van der Waals surface area contributed by atoms with Gasteiger partial charge in [0.05, 0.1) is 0 Å². The number of aliphatic carboxylic acids is 1. The summed E-state index contributed by atoms with van der Waals surface area (Å²) < 4.78 is 0. The van der Waals surface area contributed by atoms with Crippen molar-refractivity contribution in [2.75, 3.05) is 0 Å². The van der Waals surface area contributed by atoms with Crippen molar-refractivity contribution in [3.05, 3.63) is 24.8 Å². The highest BCUT2D eigenvalue weighted by molar-refractivity contribution is 5.66. The predicted molar refractivity (Wildman–Crippen MR) is 68.5 cm³/mol. The summed E-state index contributed by atoms with van der Waals surface area (Å²) in [4.78, 5) is 10.6. The van der Waals surface area contributed by atoms with E-state index in [1.54, 1.807) is 6.08 Å². The molecule has 0 aromatic rings. The van der Waals surface area contributed by atoms with E-state index in [-0.39, 0.29) is 0 Å². The van der Waals surface area contributed by atoms with Gasteiger partial charge in [0.2, 0.25) is 0 Å². The summed E-state index contributed by atoms with van der Waals surface area (Å²) >= 11 is 0. The lowest BCUT2D eigenvalue weighted by Crippen LogP contribution is -2.07. The van der Waals surface area contributed by atoms with Crippen LogP contribution in [0.25, 0.3) is 0 Å². The van der Waals surface area contributed by atoms with E-state index in [2.05, 4.69) is 19.6 Å². The molecule has 0 rings (SSSR count). The SMILES string of the molecule is C=C/C=C\CCCCC(CCC)CC(=O)O. The summed E-state index contributed by atoms with van der Waals surface area (Å²) in [6.07, 6.45) is 12.7. The van der Waals surface area contributed by atoms with Crippen molar-refractivity contribution in [3.63, 3.8) is 0 Å². The van der Waals surface area contributed by atoms with E-state index >= 15 is 0 Å². The van der Waals surface area contributed by atoms with Gasteiger partial charge < -0.3 is 5.11 Å². The van der Waals surface area contributed by atoms with Crippen LogP contribution in [0.15, 0.2) is 24.8 Å². The average Bonchev–Trinajstić information content (AvgIpc) is 2.22. The van der Waals surface area contributed by atoms with Gasteiger partial charge in [-0.05, 0) is 25.2 Å². The number of carboxylic acids is 1. The zero-order valence-electron chi connectivity index (χ0n) is 10.3. The molecule has 1 unspecified atom stereocenters. The Kier molecular flexibility index (Phi) is 9.78. The van der Waals surface area contributed by atoms with E-state index in [0.29, 0.717) is 12.3 Å². The maximum atomic E-state index is 10.6. The number of rotatable bonds is 10. The number of unbranched alkanes of at least 4 members (excludes halogenated alkanes) is 2. The molecule has 0 saturated carbocycles. The van der Waals surface area contributed by atoms with Crippen molar-refractivity contribution in [1.29, 1.82) is 0 Å². The van der Waals surface area contributed by atoms with Gasteiger partial charge in [-0.1, -0.05) is 51.0 Å². The molecule has 2 heteroatoms. The predicted octanol–water partition coefficient (Wildman–Crippen LogP) is 4.18. The summed E-state index contributed by atoms with van der Waals surface area (Å²) in [5.41, 5.74) is 0. The van der Waals surface area contributed by atoms with Gasteiger partial charge >= 0.3 is 5.97 Å². The minimum absolute atomic E-state index is 0.330. The largest absolute Gasteiger partial charge is 0.481 e. The Morgan fingerprint density at radius 1 is 1.38 bits per heavy atom. The quantitative estimate of drug-likeness (QED) is 0.446.